The van der Waals surface area contributed by atoms with Crippen molar-refractivity contribution >= 4 is 12.1 Å². The number of piperidine rings is 1. The highest BCUT2D eigenvalue weighted by Gasteiger charge is 2.60. The van der Waals surface area contributed by atoms with Gasteiger partial charge in [0.1, 0.15) is 11.1 Å². The van der Waals surface area contributed by atoms with Gasteiger partial charge in [-0.05, 0) is 64.4 Å². The van der Waals surface area contributed by atoms with E-state index in [0.717, 1.165) is 18.4 Å². The summed E-state index contributed by atoms with van der Waals surface area (Å²) in [6, 6.07) is 9.89. The molecule has 1 unspecified atom stereocenters. The van der Waals surface area contributed by atoms with Gasteiger partial charge in [0.05, 0.1) is 0 Å². The van der Waals surface area contributed by atoms with Crippen LogP contribution in [0.2, 0.25) is 0 Å². The van der Waals surface area contributed by atoms with E-state index in [4.69, 9.17) is 4.74 Å². The van der Waals surface area contributed by atoms with Gasteiger partial charge in [0.15, 0.2) is 0 Å². The first-order valence-electron chi connectivity index (χ1n) is 10.1. The predicted molar refractivity (Wildman–Crippen MR) is 107 cm³/mol. The van der Waals surface area contributed by atoms with Crippen molar-refractivity contribution in [2.24, 2.45) is 5.41 Å². The monoisotopic (exact) mass is 388 g/mol. The number of nitrogens with zero attached hydrogens (tertiary/aromatic N) is 1. The summed E-state index contributed by atoms with van der Waals surface area (Å²) in [5.74, 6) is -0.782. The zero-order valence-corrected chi connectivity index (χ0v) is 17.3. The molecule has 1 aliphatic heterocycles. The first-order valence-corrected chi connectivity index (χ1v) is 10.1. The molecule has 2 fully saturated rings. The van der Waals surface area contributed by atoms with E-state index in [1.165, 1.54) is 0 Å². The lowest BCUT2D eigenvalue weighted by atomic mass is 9.53. The van der Waals surface area contributed by atoms with Crippen LogP contribution in [0.3, 0.4) is 0 Å². The number of benzene rings is 1. The number of likely N-dealkylation sites (tertiary alicyclic amines) is 1. The molecule has 2 N–H and O–H groups in total. The number of aliphatic carboxylic acids is 1. The Balaban J connectivity index is 1.59. The van der Waals surface area contributed by atoms with Crippen molar-refractivity contribution in [2.75, 3.05) is 13.1 Å². The molecular weight excluding hydrogens is 356 g/mol. The molecule has 1 aromatic carbocycles. The molecule has 1 heterocycles. The van der Waals surface area contributed by atoms with Crippen molar-refractivity contribution in [1.82, 2.24) is 10.2 Å². The molecule has 0 aromatic heterocycles. The fourth-order valence-corrected chi connectivity index (χ4v) is 4.63. The number of carbonyl (C=O) groups is 2. The number of hydrogen-bond donors (Lipinski definition) is 2. The van der Waals surface area contributed by atoms with E-state index < -0.39 is 17.1 Å². The molecular formula is C22H32N2O4. The summed E-state index contributed by atoms with van der Waals surface area (Å²) >= 11 is 0. The zero-order chi connectivity index (χ0) is 20.6. The third kappa shape index (κ3) is 4.32. The molecule has 1 aliphatic carbocycles. The van der Waals surface area contributed by atoms with Crippen LogP contribution >= 0.6 is 0 Å². The lowest BCUT2D eigenvalue weighted by molar-refractivity contribution is -0.160. The maximum atomic E-state index is 12.3. The van der Waals surface area contributed by atoms with Gasteiger partial charge in [0.25, 0.3) is 0 Å². The summed E-state index contributed by atoms with van der Waals surface area (Å²) in [7, 11) is 0. The fraction of sp³-hybridized carbons (Fsp3) is 0.636. The quantitative estimate of drug-likeness (QED) is 0.816. The molecule has 154 valence electrons. The molecule has 6 heteroatoms. The van der Waals surface area contributed by atoms with Gasteiger partial charge >= 0.3 is 12.1 Å². The van der Waals surface area contributed by atoms with Crippen LogP contribution in [-0.2, 0) is 9.53 Å². The lowest BCUT2D eigenvalue weighted by Gasteiger charge is -2.57. The second kappa shape index (κ2) is 7.39. The number of hydrogen-bond acceptors (Lipinski definition) is 4. The highest BCUT2D eigenvalue weighted by Crippen LogP contribution is 2.55. The molecule has 1 spiro atoms. The molecule has 1 saturated carbocycles. The molecule has 1 amide bonds. The largest absolute Gasteiger partial charge is 0.480 e. The molecule has 2 aliphatic rings. The van der Waals surface area contributed by atoms with Gasteiger partial charge in [-0.1, -0.05) is 30.3 Å². The Bertz CT molecular complexity index is 710. The van der Waals surface area contributed by atoms with Gasteiger partial charge in [-0.15, -0.1) is 0 Å². The van der Waals surface area contributed by atoms with Crippen molar-refractivity contribution in [3.05, 3.63) is 35.9 Å². The summed E-state index contributed by atoms with van der Waals surface area (Å²) in [6.07, 6.45) is 2.58. The van der Waals surface area contributed by atoms with Gasteiger partial charge in [-0.25, -0.2) is 4.79 Å². The highest BCUT2D eigenvalue weighted by atomic mass is 16.6. The Morgan fingerprint density at radius 1 is 1.14 bits per heavy atom. The molecule has 1 aromatic rings. The summed E-state index contributed by atoms with van der Waals surface area (Å²) in [6.45, 7) is 8.85. The molecule has 1 atom stereocenters. The third-order valence-corrected chi connectivity index (χ3v) is 6.03. The maximum Gasteiger partial charge on any atom is 0.410 e. The molecule has 1 saturated heterocycles. The normalized spacial score (nSPS) is 21.6. The molecule has 6 nitrogen and oxygen atoms in total. The Hall–Kier alpha value is -2.08. The Morgan fingerprint density at radius 2 is 1.71 bits per heavy atom. The van der Waals surface area contributed by atoms with Gasteiger partial charge in [-0.2, -0.15) is 0 Å². The van der Waals surface area contributed by atoms with E-state index in [1.54, 1.807) is 4.90 Å². The zero-order valence-electron chi connectivity index (χ0n) is 17.3. The number of nitrogens with one attached hydrogen (secondary N) is 1. The second-order valence-corrected chi connectivity index (χ2v) is 9.48. The molecule has 0 bridgehead atoms. The van der Waals surface area contributed by atoms with Gasteiger partial charge in [0, 0.05) is 19.1 Å². The third-order valence-electron chi connectivity index (χ3n) is 6.03. The van der Waals surface area contributed by atoms with E-state index in [0.29, 0.717) is 25.9 Å². The number of carbonyl (C=O) groups excluding carboxylic acids is 1. The minimum Gasteiger partial charge on any atom is -0.480 e. The molecule has 0 radical (unpaired) electrons. The number of amides is 1. The van der Waals surface area contributed by atoms with Crippen LogP contribution in [0.15, 0.2) is 30.3 Å². The minimum atomic E-state index is -0.886. The van der Waals surface area contributed by atoms with E-state index in [-0.39, 0.29) is 17.6 Å². The fourth-order valence-electron chi connectivity index (χ4n) is 4.63. The van der Waals surface area contributed by atoms with Crippen LogP contribution in [0, 0.1) is 5.41 Å². The SMILES string of the molecule is CC(NC1(C(=O)O)CC2(CCN(C(=O)OC(C)(C)C)CC2)C1)c1ccccc1. The summed E-state index contributed by atoms with van der Waals surface area (Å²) < 4.78 is 5.46. The Kier molecular flexibility index (Phi) is 5.45. The Morgan fingerprint density at radius 3 is 2.21 bits per heavy atom. The number of carboxylic acids is 1. The summed E-state index contributed by atoms with van der Waals surface area (Å²) in [5, 5.41) is 13.3. The average Bonchev–Trinajstić information content (AvgIpc) is 2.59. The maximum absolute atomic E-state index is 12.3. The average molecular weight is 389 g/mol. The topological polar surface area (TPSA) is 78.9 Å². The smallest absolute Gasteiger partial charge is 0.410 e. The van der Waals surface area contributed by atoms with Crippen molar-refractivity contribution in [3.8, 4) is 0 Å². The van der Waals surface area contributed by atoms with E-state index >= 15 is 0 Å². The minimum absolute atomic E-state index is 0.000308. The van der Waals surface area contributed by atoms with Crippen LogP contribution < -0.4 is 5.32 Å². The van der Waals surface area contributed by atoms with E-state index in [1.807, 2.05) is 58.0 Å². The van der Waals surface area contributed by atoms with E-state index in [9.17, 15) is 14.7 Å². The van der Waals surface area contributed by atoms with Crippen LogP contribution in [-0.4, -0.2) is 46.3 Å². The standard InChI is InChI=1S/C22H32N2O4/c1-16(17-8-6-5-7-9-17)23-22(18(25)26)14-21(15-22)10-12-24(13-11-21)19(27)28-20(2,3)4/h5-9,16,23H,10-15H2,1-4H3,(H,25,26). The first-order chi connectivity index (χ1) is 13.0. The van der Waals surface area contributed by atoms with Gasteiger partial charge < -0.3 is 14.7 Å². The van der Waals surface area contributed by atoms with Crippen molar-refractivity contribution in [2.45, 2.75) is 70.6 Å². The summed E-state index contributed by atoms with van der Waals surface area (Å²) in [4.78, 5) is 26.1. The second-order valence-electron chi connectivity index (χ2n) is 9.48. The van der Waals surface area contributed by atoms with Crippen molar-refractivity contribution < 1.29 is 19.4 Å². The van der Waals surface area contributed by atoms with Crippen molar-refractivity contribution in [1.29, 1.82) is 0 Å². The van der Waals surface area contributed by atoms with Crippen LogP contribution in [0.25, 0.3) is 0 Å². The number of rotatable bonds is 4. The molecule has 3 rings (SSSR count). The highest BCUT2D eigenvalue weighted by molar-refractivity contribution is 5.81. The number of carboxylic acid groups (broad SMARTS) is 1. The van der Waals surface area contributed by atoms with Crippen LogP contribution in [0.1, 0.15) is 65.0 Å². The Labute approximate surface area is 167 Å². The van der Waals surface area contributed by atoms with Crippen LogP contribution in [0.4, 0.5) is 4.79 Å². The predicted octanol–water partition coefficient (Wildman–Crippen LogP) is 3.97. The first kappa shape index (κ1) is 20.6. The molecule has 28 heavy (non-hydrogen) atoms. The van der Waals surface area contributed by atoms with E-state index in [2.05, 4.69) is 5.32 Å². The summed E-state index contributed by atoms with van der Waals surface area (Å²) in [5.41, 5.74) is -0.300. The van der Waals surface area contributed by atoms with Crippen molar-refractivity contribution in [3.63, 3.8) is 0 Å². The van der Waals surface area contributed by atoms with Crippen LogP contribution in [0.5, 0.6) is 0 Å². The van der Waals surface area contributed by atoms with Gasteiger partial charge in [-0.3, -0.25) is 10.1 Å². The number of ether oxygens (including phenoxy) is 1. The lowest BCUT2D eigenvalue weighted by Crippen LogP contribution is -2.67. The van der Waals surface area contributed by atoms with Gasteiger partial charge in [0.2, 0.25) is 0 Å².